The smallest absolute Gasteiger partial charge is 0.272 e. The number of hydrogen-bond donors (Lipinski definition) is 1. The molecule has 0 unspecified atom stereocenters. The Morgan fingerprint density at radius 1 is 1.47 bits per heavy atom. The molecule has 1 aromatic carbocycles. The zero-order valence-electron chi connectivity index (χ0n) is 10.2. The number of nitro groups is 1. The van der Waals surface area contributed by atoms with Crippen LogP contribution >= 0.6 is 0 Å². The number of rotatable bonds is 3. The van der Waals surface area contributed by atoms with Crippen LogP contribution in [0.3, 0.4) is 0 Å². The zero-order valence-corrected chi connectivity index (χ0v) is 10.2. The van der Waals surface area contributed by atoms with E-state index in [1.807, 2.05) is 0 Å². The van der Waals surface area contributed by atoms with Crippen LogP contribution in [0, 0.1) is 15.9 Å². The Balaban J connectivity index is 2.43. The predicted molar refractivity (Wildman–Crippen MR) is 63.2 cm³/mol. The topological polar surface area (TPSA) is 94.1 Å². The lowest BCUT2D eigenvalue weighted by molar-refractivity contribution is -0.385. The van der Waals surface area contributed by atoms with Gasteiger partial charge in [0.05, 0.1) is 17.2 Å². The van der Waals surface area contributed by atoms with Crippen LogP contribution in [0.25, 0.3) is 5.69 Å². The molecule has 0 aliphatic rings. The maximum Gasteiger partial charge on any atom is 0.272 e. The van der Waals surface area contributed by atoms with E-state index in [0.29, 0.717) is 0 Å². The van der Waals surface area contributed by atoms with Crippen LogP contribution in [0.5, 0.6) is 0 Å². The summed E-state index contributed by atoms with van der Waals surface area (Å²) in [5.41, 5.74) is -1.25. The third kappa shape index (κ3) is 2.58. The van der Waals surface area contributed by atoms with E-state index in [0.717, 1.165) is 10.7 Å². The van der Waals surface area contributed by atoms with E-state index in [9.17, 15) is 19.6 Å². The minimum absolute atomic E-state index is 0.0219. The van der Waals surface area contributed by atoms with Gasteiger partial charge in [0.1, 0.15) is 17.0 Å². The van der Waals surface area contributed by atoms with Gasteiger partial charge in [0, 0.05) is 6.07 Å². The molecule has 19 heavy (non-hydrogen) atoms. The normalized spacial score (nSPS) is 11.6. The second-order valence-corrected chi connectivity index (χ2v) is 4.50. The van der Waals surface area contributed by atoms with Gasteiger partial charge in [-0.05, 0) is 19.9 Å². The van der Waals surface area contributed by atoms with Crippen molar-refractivity contribution in [2.75, 3.05) is 0 Å². The number of nitrogens with zero attached hydrogens (tertiary/aromatic N) is 4. The van der Waals surface area contributed by atoms with Gasteiger partial charge in [-0.2, -0.15) is 0 Å². The fourth-order valence-corrected chi connectivity index (χ4v) is 1.46. The molecule has 0 amide bonds. The zero-order chi connectivity index (χ0) is 14.2. The van der Waals surface area contributed by atoms with E-state index in [2.05, 4.69) is 10.3 Å². The highest BCUT2D eigenvalue weighted by Crippen LogP contribution is 2.21. The lowest BCUT2D eigenvalue weighted by Gasteiger charge is -2.11. The predicted octanol–water partition coefficient (Wildman–Crippen LogP) is 1.54. The minimum atomic E-state index is -1.20. The van der Waals surface area contributed by atoms with E-state index in [1.54, 1.807) is 0 Å². The van der Waals surface area contributed by atoms with Gasteiger partial charge in [-0.1, -0.05) is 5.21 Å². The molecule has 0 radical (unpaired) electrons. The Labute approximate surface area is 107 Å². The summed E-state index contributed by atoms with van der Waals surface area (Å²) in [4.78, 5) is 9.82. The molecular weight excluding hydrogens is 255 g/mol. The van der Waals surface area contributed by atoms with Crippen LogP contribution in [0.15, 0.2) is 24.4 Å². The Bertz CT molecular complexity index is 633. The third-order valence-corrected chi connectivity index (χ3v) is 2.51. The van der Waals surface area contributed by atoms with Gasteiger partial charge in [-0.15, -0.1) is 5.10 Å². The number of hydrogen-bond acceptors (Lipinski definition) is 5. The van der Waals surface area contributed by atoms with Crippen molar-refractivity contribution < 1.29 is 14.4 Å². The first kappa shape index (κ1) is 13.1. The van der Waals surface area contributed by atoms with Crippen LogP contribution in [0.2, 0.25) is 0 Å². The summed E-state index contributed by atoms with van der Waals surface area (Å²) in [5, 5.41) is 27.7. The highest BCUT2D eigenvalue weighted by Gasteiger charge is 2.21. The first-order valence-corrected chi connectivity index (χ1v) is 5.38. The molecule has 8 heteroatoms. The van der Waals surface area contributed by atoms with Gasteiger partial charge < -0.3 is 5.11 Å². The second kappa shape index (κ2) is 4.39. The lowest BCUT2D eigenvalue weighted by Crippen LogP contribution is -2.15. The van der Waals surface area contributed by atoms with E-state index >= 15 is 0 Å². The quantitative estimate of drug-likeness (QED) is 0.671. The molecule has 0 saturated heterocycles. The highest BCUT2D eigenvalue weighted by molar-refractivity contribution is 5.41. The summed E-state index contributed by atoms with van der Waals surface area (Å²) >= 11 is 0. The molecular formula is C11H11FN4O3. The number of halogens is 1. The molecule has 2 rings (SSSR count). The maximum atomic E-state index is 13.7. The number of non-ortho nitro benzene ring substituents is 1. The van der Waals surface area contributed by atoms with Crippen LogP contribution in [-0.4, -0.2) is 25.0 Å². The van der Waals surface area contributed by atoms with Crippen LogP contribution < -0.4 is 0 Å². The molecule has 0 aliphatic heterocycles. The summed E-state index contributed by atoms with van der Waals surface area (Å²) in [7, 11) is 0. The molecule has 0 fully saturated rings. The lowest BCUT2D eigenvalue weighted by atomic mass is 10.1. The molecule has 0 saturated carbocycles. The fraction of sp³-hybridized carbons (Fsp3) is 0.273. The first-order chi connectivity index (χ1) is 8.79. The number of benzene rings is 1. The largest absolute Gasteiger partial charge is 0.384 e. The maximum absolute atomic E-state index is 13.7. The van der Waals surface area contributed by atoms with Crippen molar-refractivity contribution in [2.45, 2.75) is 19.4 Å². The number of aromatic nitrogens is 3. The molecule has 7 nitrogen and oxygen atoms in total. The van der Waals surface area contributed by atoms with Crippen molar-refractivity contribution in [3.05, 3.63) is 46.0 Å². The van der Waals surface area contributed by atoms with Crippen molar-refractivity contribution in [3.8, 4) is 5.69 Å². The monoisotopic (exact) mass is 266 g/mol. The molecule has 0 atom stereocenters. The van der Waals surface area contributed by atoms with Crippen LogP contribution in [0.1, 0.15) is 19.5 Å². The standard InChI is InChI=1S/C11H11FN4O3/c1-11(2,17)10-6-15(14-13-10)9-4-3-7(16(18)19)5-8(9)12/h3-6,17H,1-2H3. The summed E-state index contributed by atoms with van der Waals surface area (Å²) in [6.07, 6.45) is 1.37. The van der Waals surface area contributed by atoms with Gasteiger partial charge >= 0.3 is 0 Å². The first-order valence-electron chi connectivity index (χ1n) is 5.38. The van der Waals surface area contributed by atoms with E-state index in [4.69, 9.17) is 0 Å². The van der Waals surface area contributed by atoms with Crippen molar-refractivity contribution in [3.63, 3.8) is 0 Å². The Kier molecular flexibility index (Phi) is 3.03. The van der Waals surface area contributed by atoms with Crippen molar-refractivity contribution in [2.24, 2.45) is 0 Å². The van der Waals surface area contributed by atoms with Crippen LogP contribution in [-0.2, 0) is 5.60 Å². The van der Waals surface area contributed by atoms with E-state index in [1.165, 1.54) is 32.2 Å². The summed E-state index contributed by atoms with van der Waals surface area (Å²) < 4.78 is 14.9. The third-order valence-electron chi connectivity index (χ3n) is 2.51. The molecule has 0 spiro atoms. The minimum Gasteiger partial charge on any atom is -0.384 e. The van der Waals surface area contributed by atoms with Gasteiger partial charge in [-0.3, -0.25) is 10.1 Å². The Morgan fingerprint density at radius 2 is 2.16 bits per heavy atom. The molecule has 0 bridgehead atoms. The van der Waals surface area contributed by atoms with Gasteiger partial charge in [0.15, 0.2) is 5.82 Å². The van der Waals surface area contributed by atoms with Gasteiger partial charge in [-0.25, -0.2) is 9.07 Å². The van der Waals surface area contributed by atoms with Crippen LogP contribution in [0.4, 0.5) is 10.1 Å². The van der Waals surface area contributed by atoms with Gasteiger partial charge in [0.2, 0.25) is 0 Å². The number of nitro benzene ring substituents is 1. The molecule has 1 N–H and O–H groups in total. The Morgan fingerprint density at radius 3 is 2.63 bits per heavy atom. The molecule has 2 aromatic rings. The SMILES string of the molecule is CC(C)(O)c1cn(-c2ccc([N+](=O)[O-])cc2F)nn1. The molecule has 1 heterocycles. The van der Waals surface area contributed by atoms with Gasteiger partial charge in [0.25, 0.3) is 5.69 Å². The average Bonchev–Trinajstić information content (AvgIpc) is 2.77. The van der Waals surface area contributed by atoms with E-state index < -0.39 is 16.3 Å². The molecule has 1 aromatic heterocycles. The summed E-state index contributed by atoms with van der Waals surface area (Å²) in [5.74, 6) is -0.790. The Hall–Kier alpha value is -2.35. The van der Waals surface area contributed by atoms with Crippen molar-refractivity contribution in [1.29, 1.82) is 0 Å². The average molecular weight is 266 g/mol. The highest BCUT2D eigenvalue weighted by atomic mass is 19.1. The summed E-state index contributed by atoms with van der Waals surface area (Å²) in [6, 6.07) is 3.21. The fourth-order valence-electron chi connectivity index (χ4n) is 1.46. The van der Waals surface area contributed by atoms with E-state index in [-0.39, 0.29) is 17.1 Å². The summed E-state index contributed by atoms with van der Waals surface area (Å²) in [6.45, 7) is 3.04. The second-order valence-electron chi connectivity index (χ2n) is 4.50. The molecule has 100 valence electrons. The van der Waals surface area contributed by atoms with Crippen molar-refractivity contribution >= 4 is 5.69 Å². The molecule has 0 aliphatic carbocycles. The van der Waals surface area contributed by atoms with Crippen molar-refractivity contribution in [1.82, 2.24) is 15.0 Å². The number of aliphatic hydroxyl groups is 1.